The van der Waals surface area contributed by atoms with E-state index in [0.717, 1.165) is 0 Å². The van der Waals surface area contributed by atoms with E-state index in [9.17, 15) is 4.79 Å². The summed E-state index contributed by atoms with van der Waals surface area (Å²) >= 11 is 5.60. The number of cyclic esters (lactones) is 2. The summed E-state index contributed by atoms with van der Waals surface area (Å²) in [7, 11) is 0. The summed E-state index contributed by atoms with van der Waals surface area (Å²) in [5.74, 6) is 0.445. The number of carbonyl (C=O) groups is 1. The van der Waals surface area contributed by atoms with Gasteiger partial charge in [0, 0.05) is 11.3 Å². The summed E-state index contributed by atoms with van der Waals surface area (Å²) < 4.78 is 9.28. The van der Waals surface area contributed by atoms with Gasteiger partial charge in [-0.1, -0.05) is 6.92 Å². The second-order valence-electron chi connectivity index (χ2n) is 2.77. The van der Waals surface area contributed by atoms with Gasteiger partial charge in [-0.05, 0) is 0 Å². The van der Waals surface area contributed by atoms with E-state index in [-0.39, 0.29) is 5.41 Å². The van der Waals surface area contributed by atoms with Crippen LogP contribution >= 0.6 is 11.6 Å². The Morgan fingerprint density at radius 2 is 2.10 bits per heavy atom. The van der Waals surface area contributed by atoms with Crippen molar-refractivity contribution in [2.45, 2.75) is 6.92 Å². The Morgan fingerprint density at radius 3 is 2.50 bits per heavy atom. The summed E-state index contributed by atoms with van der Waals surface area (Å²) in [6.45, 7) is 2.62. The summed E-state index contributed by atoms with van der Waals surface area (Å²) in [6, 6.07) is 0. The van der Waals surface area contributed by atoms with Crippen molar-refractivity contribution in [3.05, 3.63) is 0 Å². The lowest BCUT2D eigenvalue weighted by molar-refractivity contribution is -0.0430. The minimum absolute atomic E-state index is 0.199. The molecular formula is C6H9ClO3. The number of hydrogen-bond donors (Lipinski definition) is 0. The van der Waals surface area contributed by atoms with Gasteiger partial charge in [0.25, 0.3) is 0 Å². The van der Waals surface area contributed by atoms with Crippen molar-refractivity contribution in [3.63, 3.8) is 0 Å². The Morgan fingerprint density at radius 1 is 1.60 bits per heavy atom. The highest BCUT2D eigenvalue weighted by Gasteiger charge is 2.32. The van der Waals surface area contributed by atoms with Crippen molar-refractivity contribution in [2.24, 2.45) is 5.41 Å². The quantitative estimate of drug-likeness (QED) is 0.434. The molecular weight excluding hydrogens is 156 g/mol. The molecule has 0 N–H and O–H groups in total. The van der Waals surface area contributed by atoms with Crippen LogP contribution in [0.5, 0.6) is 0 Å². The number of alkyl halides is 1. The van der Waals surface area contributed by atoms with Gasteiger partial charge in [-0.2, -0.15) is 0 Å². The SMILES string of the molecule is CC1(CCl)COC(=O)OC1. The number of hydrogen-bond acceptors (Lipinski definition) is 3. The van der Waals surface area contributed by atoms with Crippen LogP contribution in [0.15, 0.2) is 0 Å². The highest BCUT2D eigenvalue weighted by molar-refractivity contribution is 6.18. The van der Waals surface area contributed by atoms with Crippen LogP contribution in [0.3, 0.4) is 0 Å². The van der Waals surface area contributed by atoms with Crippen LogP contribution in [-0.2, 0) is 9.47 Å². The zero-order valence-corrected chi connectivity index (χ0v) is 6.48. The fraction of sp³-hybridized carbons (Fsp3) is 0.833. The molecule has 0 aromatic rings. The van der Waals surface area contributed by atoms with Gasteiger partial charge >= 0.3 is 6.16 Å². The molecule has 4 heteroatoms. The van der Waals surface area contributed by atoms with Crippen LogP contribution in [0.1, 0.15) is 6.92 Å². The molecule has 0 atom stereocenters. The summed E-state index contributed by atoms with van der Waals surface area (Å²) in [6.07, 6.45) is -0.595. The summed E-state index contributed by atoms with van der Waals surface area (Å²) in [4.78, 5) is 10.4. The Labute approximate surface area is 64.3 Å². The predicted octanol–water partition coefficient (Wildman–Crippen LogP) is 1.40. The Bertz CT molecular complexity index is 136. The average Bonchev–Trinajstić information content (AvgIpc) is 1.96. The number of rotatable bonds is 1. The number of carbonyl (C=O) groups excluding carboxylic acids is 1. The van der Waals surface area contributed by atoms with E-state index in [1.807, 2.05) is 6.92 Å². The maximum Gasteiger partial charge on any atom is 0.508 e. The van der Waals surface area contributed by atoms with Crippen molar-refractivity contribution in [1.29, 1.82) is 0 Å². The van der Waals surface area contributed by atoms with Crippen molar-refractivity contribution >= 4 is 17.8 Å². The van der Waals surface area contributed by atoms with Gasteiger partial charge in [0.05, 0.1) is 0 Å². The Balaban J connectivity index is 2.46. The van der Waals surface area contributed by atoms with E-state index >= 15 is 0 Å². The van der Waals surface area contributed by atoms with E-state index in [4.69, 9.17) is 11.6 Å². The molecule has 0 aromatic heterocycles. The van der Waals surface area contributed by atoms with E-state index in [1.165, 1.54) is 0 Å². The zero-order chi connectivity index (χ0) is 7.61. The number of halogens is 1. The normalized spacial score (nSPS) is 23.2. The van der Waals surface area contributed by atoms with Crippen molar-refractivity contribution in [2.75, 3.05) is 19.1 Å². The first kappa shape index (κ1) is 7.66. The lowest BCUT2D eigenvalue weighted by Gasteiger charge is -2.29. The molecule has 1 saturated heterocycles. The molecule has 1 aliphatic heterocycles. The molecule has 0 bridgehead atoms. The Kier molecular flexibility index (Phi) is 2.04. The first-order chi connectivity index (χ1) is 4.66. The van der Waals surface area contributed by atoms with Gasteiger partial charge in [-0.3, -0.25) is 0 Å². The molecule has 0 amide bonds. The molecule has 0 saturated carbocycles. The molecule has 3 nitrogen and oxygen atoms in total. The van der Waals surface area contributed by atoms with E-state index < -0.39 is 6.16 Å². The minimum atomic E-state index is -0.595. The maximum atomic E-state index is 10.4. The molecule has 1 heterocycles. The fourth-order valence-electron chi connectivity index (χ4n) is 0.627. The zero-order valence-electron chi connectivity index (χ0n) is 5.72. The molecule has 1 fully saturated rings. The van der Waals surface area contributed by atoms with Crippen molar-refractivity contribution < 1.29 is 14.3 Å². The van der Waals surface area contributed by atoms with Gasteiger partial charge in [0.2, 0.25) is 0 Å². The molecule has 0 unspecified atom stereocenters. The molecule has 0 spiro atoms. The fourth-order valence-corrected chi connectivity index (χ4v) is 0.781. The highest BCUT2D eigenvalue weighted by Crippen LogP contribution is 2.23. The van der Waals surface area contributed by atoms with Gasteiger partial charge in [0.1, 0.15) is 13.2 Å². The topological polar surface area (TPSA) is 35.5 Å². The smallest absolute Gasteiger partial charge is 0.434 e. The molecule has 58 valence electrons. The first-order valence-electron chi connectivity index (χ1n) is 3.02. The van der Waals surface area contributed by atoms with Crippen molar-refractivity contribution in [1.82, 2.24) is 0 Å². The molecule has 10 heavy (non-hydrogen) atoms. The van der Waals surface area contributed by atoms with Crippen molar-refractivity contribution in [3.8, 4) is 0 Å². The standard InChI is InChI=1S/C6H9ClO3/c1-6(2-7)3-9-5(8)10-4-6/h2-4H2,1H3. The molecule has 0 radical (unpaired) electrons. The molecule has 0 aromatic carbocycles. The largest absolute Gasteiger partial charge is 0.508 e. The van der Waals surface area contributed by atoms with E-state index in [0.29, 0.717) is 19.1 Å². The molecule has 1 rings (SSSR count). The predicted molar refractivity (Wildman–Crippen MR) is 36.1 cm³/mol. The van der Waals surface area contributed by atoms with E-state index in [2.05, 4.69) is 9.47 Å². The first-order valence-corrected chi connectivity index (χ1v) is 3.55. The lowest BCUT2D eigenvalue weighted by atomic mass is 9.96. The number of ether oxygens (including phenoxy) is 2. The van der Waals surface area contributed by atoms with Gasteiger partial charge < -0.3 is 9.47 Å². The van der Waals surface area contributed by atoms with Gasteiger partial charge in [0.15, 0.2) is 0 Å². The van der Waals surface area contributed by atoms with Crippen LogP contribution in [-0.4, -0.2) is 25.2 Å². The van der Waals surface area contributed by atoms with Crippen LogP contribution < -0.4 is 0 Å². The third-order valence-electron chi connectivity index (χ3n) is 1.40. The van der Waals surface area contributed by atoms with E-state index in [1.54, 1.807) is 0 Å². The average molecular weight is 165 g/mol. The highest BCUT2D eigenvalue weighted by atomic mass is 35.5. The summed E-state index contributed by atoms with van der Waals surface area (Å²) in [5, 5.41) is 0. The maximum absolute atomic E-state index is 10.4. The molecule has 0 aliphatic carbocycles. The third-order valence-corrected chi connectivity index (χ3v) is 2.04. The van der Waals surface area contributed by atoms with Crippen LogP contribution in [0.2, 0.25) is 0 Å². The molecule has 1 aliphatic rings. The second-order valence-corrected chi connectivity index (χ2v) is 3.04. The Hall–Kier alpha value is -0.440. The lowest BCUT2D eigenvalue weighted by Crippen LogP contribution is -2.38. The van der Waals surface area contributed by atoms with Crippen LogP contribution in [0, 0.1) is 5.41 Å². The second kappa shape index (κ2) is 2.66. The van der Waals surface area contributed by atoms with Crippen LogP contribution in [0.4, 0.5) is 4.79 Å². The van der Waals surface area contributed by atoms with Gasteiger partial charge in [-0.15, -0.1) is 11.6 Å². The summed E-state index contributed by atoms with van der Waals surface area (Å²) in [5.41, 5.74) is -0.199. The minimum Gasteiger partial charge on any atom is -0.434 e. The van der Waals surface area contributed by atoms with Gasteiger partial charge in [-0.25, -0.2) is 4.79 Å². The third kappa shape index (κ3) is 1.53. The monoisotopic (exact) mass is 164 g/mol. The van der Waals surface area contributed by atoms with Crippen LogP contribution in [0.25, 0.3) is 0 Å².